The molecule has 5 nitrogen and oxygen atoms in total. The maximum absolute atomic E-state index is 11.9. The highest BCUT2D eigenvalue weighted by molar-refractivity contribution is 5.92. The molecular formula is C16H22O5. The molecule has 0 aromatic heterocycles. The average molecular weight is 294 g/mol. The lowest BCUT2D eigenvalue weighted by Gasteiger charge is -2.52. The van der Waals surface area contributed by atoms with Gasteiger partial charge in [0.05, 0.1) is 5.60 Å². The number of ether oxygens (including phenoxy) is 2. The maximum Gasteiger partial charge on any atom is 0.336 e. The highest BCUT2D eigenvalue weighted by Gasteiger charge is 2.79. The highest BCUT2D eigenvalue weighted by Crippen LogP contribution is 2.75. The van der Waals surface area contributed by atoms with E-state index in [-0.39, 0.29) is 11.5 Å². The molecule has 4 rings (SSSR count). The summed E-state index contributed by atoms with van der Waals surface area (Å²) in [6, 6.07) is 0. The van der Waals surface area contributed by atoms with Crippen LogP contribution >= 0.6 is 0 Å². The molecule has 0 spiro atoms. The number of fused-ring (bicyclic) bond motifs is 4. The lowest BCUT2D eigenvalue weighted by molar-refractivity contribution is -0.265. The number of carbonyl (C=O) groups is 1. The topological polar surface area (TPSA) is 76.0 Å². The molecule has 3 saturated carbocycles. The first-order valence-electron chi connectivity index (χ1n) is 7.60. The third kappa shape index (κ3) is 1.24. The molecule has 4 aliphatic rings. The summed E-state index contributed by atoms with van der Waals surface area (Å²) in [5.41, 5.74) is 0.156. The minimum Gasteiger partial charge on any atom is -0.423 e. The zero-order valence-electron chi connectivity index (χ0n) is 12.8. The van der Waals surface area contributed by atoms with Crippen molar-refractivity contribution in [2.75, 3.05) is 7.11 Å². The number of methoxy groups -OCH3 is 1. The van der Waals surface area contributed by atoms with Crippen LogP contribution in [0.3, 0.4) is 0 Å². The summed E-state index contributed by atoms with van der Waals surface area (Å²) in [5, 5.41) is 21.7. The average Bonchev–Trinajstić information content (AvgIpc) is 3.17. The molecule has 0 aromatic rings. The second kappa shape index (κ2) is 3.53. The van der Waals surface area contributed by atoms with Gasteiger partial charge in [-0.1, -0.05) is 6.92 Å². The number of hydrogen-bond donors (Lipinski definition) is 2. The van der Waals surface area contributed by atoms with E-state index in [1.54, 1.807) is 14.0 Å². The van der Waals surface area contributed by atoms with Crippen molar-refractivity contribution in [1.29, 1.82) is 0 Å². The van der Waals surface area contributed by atoms with Crippen LogP contribution in [0, 0.1) is 23.2 Å². The first kappa shape index (κ1) is 13.7. The van der Waals surface area contributed by atoms with Crippen molar-refractivity contribution in [3.63, 3.8) is 0 Å². The van der Waals surface area contributed by atoms with Crippen molar-refractivity contribution in [3.8, 4) is 0 Å². The quantitative estimate of drug-likeness (QED) is 0.705. The van der Waals surface area contributed by atoms with Crippen molar-refractivity contribution in [3.05, 3.63) is 11.1 Å². The van der Waals surface area contributed by atoms with Gasteiger partial charge in [0.25, 0.3) is 5.79 Å². The fraction of sp³-hybridized carbons (Fsp3) is 0.812. The number of esters is 1. The Morgan fingerprint density at radius 1 is 1.33 bits per heavy atom. The largest absolute Gasteiger partial charge is 0.423 e. The summed E-state index contributed by atoms with van der Waals surface area (Å²) in [4.78, 5) is 11.9. The lowest BCUT2D eigenvalue weighted by atomic mass is 9.58. The van der Waals surface area contributed by atoms with Gasteiger partial charge in [-0.15, -0.1) is 0 Å². The van der Waals surface area contributed by atoms with Crippen LogP contribution in [0.5, 0.6) is 0 Å². The van der Waals surface area contributed by atoms with E-state index >= 15 is 0 Å². The van der Waals surface area contributed by atoms with Gasteiger partial charge in [-0.05, 0) is 38.5 Å². The summed E-state index contributed by atoms with van der Waals surface area (Å²) < 4.78 is 11.0. The molecule has 0 aromatic carbocycles. The third-order valence-corrected chi connectivity index (χ3v) is 7.02. The predicted molar refractivity (Wildman–Crippen MR) is 73.0 cm³/mol. The SMILES string of the molecule is CO[C@@]1(C)[C@H]2C[C@H]2[C@@]2(C)[C@H]1CC1=C(C)C(=O)O[C@]1(O)[C@H]2O. The molecule has 1 heterocycles. The zero-order valence-corrected chi connectivity index (χ0v) is 12.8. The molecule has 0 amide bonds. The van der Waals surface area contributed by atoms with Gasteiger partial charge in [0, 0.05) is 29.6 Å². The van der Waals surface area contributed by atoms with Crippen LogP contribution in [-0.4, -0.2) is 40.8 Å². The van der Waals surface area contributed by atoms with Crippen LogP contribution in [0.2, 0.25) is 0 Å². The molecule has 21 heavy (non-hydrogen) atoms. The number of aliphatic hydroxyl groups excluding tert-OH is 1. The van der Waals surface area contributed by atoms with Crippen LogP contribution in [0.15, 0.2) is 11.1 Å². The molecular weight excluding hydrogens is 272 g/mol. The van der Waals surface area contributed by atoms with Crippen LogP contribution < -0.4 is 0 Å². The number of aliphatic hydroxyl groups is 2. The Hall–Kier alpha value is -0.910. The molecule has 7 atom stereocenters. The number of rotatable bonds is 1. The summed E-state index contributed by atoms with van der Waals surface area (Å²) in [6.45, 7) is 5.76. The Labute approximate surface area is 123 Å². The van der Waals surface area contributed by atoms with Gasteiger partial charge in [0.1, 0.15) is 6.10 Å². The van der Waals surface area contributed by atoms with E-state index in [0.29, 0.717) is 29.4 Å². The van der Waals surface area contributed by atoms with Crippen molar-refractivity contribution < 1.29 is 24.5 Å². The van der Waals surface area contributed by atoms with Crippen molar-refractivity contribution in [1.82, 2.24) is 0 Å². The summed E-state index contributed by atoms with van der Waals surface area (Å²) in [7, 11) is 1.71. The minimum atomic E-state index is -1.85. The Morgan fingerprint density at radius 2 is 2.00 bits per heavy atom. The van der Waals surface area contributed by atoms with E-state index in [1.165, 1.54) is 0 Å². The molecule has 0 unspecified atom stereocenters. The molecule has 3 fully saturated rings. The first-order valence-corrected chi connectivity index (χ1v) is 7.60. The fourth-order valence-corrected chi connectivity index (χ4v) is 5.58. The zero-order chi connectivity index (χ0) is 15.4. The van der Waals surface area contributed by atoms with Crippen LogP contribution in [0.25, 0.3) is 0 Å². The minimum absolute atomic E-state index is 0.0773. The number of carbonyl (C=O) groups excluding carboxylic acids is 1. The van der Waals surface area contributed by atoms with Gasteiger partial charge in [-0.25, -0.2) is 4.79 Å². The van der Waals surface area contributed by atoms with Gasteiger partial charge < -0.3 is 19.7 Å². The maximum atomic E-state index is 11.9. The van der Waals surface area contributed by atoms with E-state index in [0.717, 1.165) is 6.42 Å². The van der Waals surface area contributed by atoms with Crippen LogP contribution in [0.4, 0.5) is 0 Å². The molecule has 1 aliphatic heterocycles. The molecule has 0 radical (unpaired) electrons. The molecule has 116 valence electrons. The van der Waals surface area contributed by atoms with Crippen LogP contribution in [-0.2, 0) is 14.3 Å². The summed E-state index contributed by atoms with van der Waals surface area (Å²) in [5.74, 6) is -1.58. The molecule has 5 heteroatoms. The Morgan fingerprint density at radius 3 is 2.62 bits per heavy atom. The highest BCUT2D eigenvalue weighted by atomic mass is 16.7. The van der Waals surface area contributed by atoms with Crippen molar-refractivity contribution >= 4 is 5.97 Å². The molecule has 2 N–H and O–H groups in total. The fourth-order valence-electron chi connectivity index (χ4n) is 5.58. The normalized spacial score (nSPS) is 57.7. The monoisotopic (exact) mass is 294 g/mol. The molecule has 0 bridgehead atoms. The smallest absolute Gasteiger partial charge is 0.336 e. The number of hydrogen-bond acceptors (Lipinski definition) is 5. The van der Waals surface area contributed by atoms with E-state index in [1.807, 2.05) is 6.92 Å². The van der Waals surface area contributed by atoms with Crippen molar-refractivity contribution in [2.24, 2.45) is 23.2 Å². The Balaban J connectivity index is 1.87. The summed E-state index contributed by atoms with van der Waals surface area (Å²) in [6.07, 6.45) is 0.433. The predicted octanol–water partition coefficient (Wildman–Crippen LogP) is 0.990. The Bertz CT molecular complexity index is 583. The van der Waals surface area contributed by atoms with Gasteiger partial charge in [0.15, 0.2) is 0 Å². The first-order chi connectivity index (χ1) is 9.71. The standard InChI is InChI=1S/C16H22O5/c1-7-8-6-11-14(2,9-5-10(9)15(11,3)20-4)13(18)16(8,19)21-12(7)17/h9-11,13,18-19H,5-6H2,1-4H3/t9-,10+,11-,13+,14+,15+,16+/m1/s1. The second-order valence-corrected chi connectivity index (χ2v) is 7.55. The van der Waals surface area contributed by atoms with E-state index in [9.17, 15) is 15.0 Å². The Kier molecular flexibility index (Phi) is 2.31. The van der Waals surface area contributed by atoms with Gasteiger partial charge in [0.2, 0.25) is 0 Å². The van der Waals surface area contributed by atoms with Gasteiger partial charge in [-0.2, -0.15) is 0 Å². The van der Waals surface area contributed by atoms with E-state index in [2.05, 4.69) is 6.92 Å². The van der Waals surface area contributed by atoms with Gasteiger partial charge >= 0.3 is 5.97 Å². The van der Waals surface area contributed by atoms with E-state index < -0.39 is 23.3 Å². The third-order valence-electron chi connectivity index (χ3n) is 7.02. The van der Waals surface area contributed by atoms with Crippen LogP contribution in [0.1, 0.15) is 33.6 Å². The summed E-state index contributed by atoms with van der Waals surface area (Å²) >= 11 is 0. The molecule has 0 saturated heterocycles. The lowest BCUT2D eigenvalue weighted by Crippen LogP contribution is -2.62. The van der Waals surface area contributed by atoms with Gasteiger partial charge in [-0.3, -0.25) is 0 Å². The molecule has 3 aliphatic carbocycles. The van der Waals surface area contributed by atoms with Crippen molar-refractivity contribution in [2.45, 2.75) is 51.1 Å². The van der Waals surface area contributed by atoms with E-state index in [4.69, 9.17) is 9.47 Å². The second-order valence-electron chi connectivity index (χ2n) is 7.55.